The Kier molecular flexibility index (Phi) is 6.88. The van der Waals surface area contributed by atoms with E-state index in [9.17, 15) is 0 Å². The number of pyridine rings is 2. The molecular weight excluding hydrogens is 689 g/mol. The predicted octanol–water partition coefficient (Wildman–Crippen LogP) is 13.8. The van der Waals surface area contributed by atoms with Gasteiger partial charge in [-0.2, -0.15) is 0 Å². The van der Waals surface area contributed by atoms with Crippen molar-refractivity contribution in [1.29, 1.82) is 0 Å². The molecule has 0 atom stereocenters. The van der Waals surface area contributed by atoms with Crippen molar-refractivity contribution in [3.8, 4) is 67.0 Å². The Labute approximate surface area is 331 Å². The van der Waals surface area contributed by atoms with E-state index in [1.165, 1.54) is 77.5 Å². The number of para-hydroxylation sites is 1. The summed E-state index contributed by atoms with van der Waals surface area (Å²) in [5.41, 5.74) is 20.3. The van der Waals surface area contributed by atoms with Gasteiger partial charge in [-0.05, 0) is 113 Å². The van der Waals surface area contributed by atoms with Gasteiger partial charge in [-0.15, -0.1) is 0 Å². The van der Waals surface area contributed by atoms with Gasteiger partial charge in [-0.25, -0.2) is 4.98 Å². The van der Waals surface area contributed by atoms with Crippen molar-refractivity contribution in [1.82, 2.24) is 9.97 Å². The van der Waals surface area contributed by atoms with Crippen molar-refractivity contribution < 1.29 is 0 Å². The molecule has 0 amide bonds. The number of hydrogen-bond donors (Lipinski definition) is 0. The first-order valence-electron chi connectivity index (χ1n) is 19.7. The molecule has 2 aromatic heterocycles. The molecule has 0 saturated heterocycles. The van der Waals surface area contributed by atoms with E-state index in [4.69, 9.17) is 4.98 Å². The summed E-state index contributed by atoms with van der Waals surface area (Å²) >= 11 is 0. The zero-order chi connectivity index (χ0) is 37.5. The fourth-order valence-corrected chi connectivity index (χ4v) is 10.0. The van der Waals surface area contributed by atoms with Crippen molar-refractivity contribution >= 4 is 21.7 Å². The van der Waals surface area contributed by atoms with Crippen LogP contribution >= 0.6 is 0 Å². The van der Waals surface area contributed by atoms with Crippen LogP contribution < -0.4 is 0 Å². The summed E-state index contributed by atoms with van der Waals surface area (Å²) in [4.78, 5) is 9.58. The quantitative estimate of drug-likeness (QED) is 0.181. The second kappa shape index (κ2) is 12.3. The largest absolute Gasteiger partial charge is 0.255 e. The van der Waals surface area contributed by atoms with Crippen LogP contribution in [0.4, 0.5) is 0 Å². The third-order valence-electron chi connectivity index (χ3n) is 12.4. The van der Waals surface area contributed by atoms with Crippen LogP contribution in [0.25, 0.3) is 88.7 Å². The molecule has 0 N–H and O–H groups in total. The molecule has 0 radical (unpaired) electrons. The van der Waals surface area contributed by atoms with E-state index in [2.05, 4.69) is 181 Å². The van der Waals surface area contributed by atoms with Crippen LogP contribution in [-0.2, 0) is 5.41 Å². The first kappa shape index (κ1) is 31.9. The van der Waals surface area contributed by atoms with Crippen molar-refractivity contribution in [2.24, 2.45) is 0 Å². The van der Waals surface area contributed by atoms with Gasteiger partial charge in [-0.1, -0.05) is 176 Å². The summed E-state index contributed by atoms with van der Waals surface area (Å²) in [6, 6.07) is 73.3. The number of rotatable bonds is 4. The van der Waals surface area contributed by atoms with Gasteiger partial charge < -0.3 is 0 Å². The maximum Gasteiger partial charge on any atom is 0.0900 e. The summed E-state index contributed by atoms with van der Waals surface area (Å²) in [5.74, 6) is 0. The summed E-state index contributed by atoms with van der Waals surface area (Å²) in [6.07, 6.45) is 1.82. The van der Waals surface area contributed by atoms with Gasteiger partial charge in [0, 0.05) is 11.6 Å². The second-order valence-corrected chi connectivity index (χ2v) is 15.2. The van der Waals surface area contributed by atoms with Gasteiger partial charge in [0.1, 0.15) is 0 Å². The van der Waals surface area contributed by atoms with E-state index in [1.54, 1.807) is 0 Å². The average molecular weight is 723 g/mol. The van der Waals surface area contributed by atoms with Gasteiger partial charge in [-0.3, -0.25) is 4.98 Å². The topological polar surface area (TPSA) is 25.8 Å². The summed E-state index contributed by atoms with van der Waals surface area (Å²) in [6.45, 7) is 0. The molecule has 264 valence electrons. The third-order valence-corrected chi connectivity index (χ3v) is 12.4. The van der Waals surface area contributed by atoms with Crippen LogP contribution in [0.5, 0.6) is 0 Å². The molecule has 2 aliphatic rings. The first-order valence-corrected chi connectivity index (χ1v) is 19.7. The van der Waals surface area contributed by atoms with Crippen LogP contribution in [-0.4, -0.2) is 9.97 Å². The molecule has 0 bridgehead atoms. The molecular formula is C55H34N2. The van der Waals surface area contributed by atoms with Crippen LogP contribution in [0.15, 0.2) is 206 Å². The molecule has 57 heavy (non-hydrogen) atoms. The van der Waals surface area contributed by atoms with Gasteiger partial charge >= 0.3 is 0 Å². The summed E-state index contributed by atoms with van der Waals surface area (Å²) in [7, 11) is 0. The lowest BCUT2D eigenvalue weighted by Crippen LogP contribution is -2.25. The summed E-state index contributed by atoms with van der Waals surface area (Å²) < 4.78 is 0. The maximum atomic E-state index is 4.98. The average Bonchev–Trinajstić information content (AvgIpc) is 3.76. The number of nitrogens with zero attached hydrogens (tertiary/aromatic N) is 2. The Balaban J connectivity index is 1.01. The molecule has 2 aliphatic carbocycles. The molecule has 10 aromatic rings. The Morgan fingerprint density at radius 3 is 1.54 bits per heavy atom. The smallest absolute Gasteiger partial charge is 0.0900 e. The lowest BCUT2D eigenvalue weighted by atomic mass is 9.70. The fraction of sp³-hybridized carbons (Fsp3) is 0.0182. The highest BCUT2D eigenvalue weighted by atomic mass is 14.8. The standard InChI is InChI=1S/C55H34N2/c1-2-15-39-38(14-1)37(35-27-29-36(30-28-35)46-34-53(52-26-11-12-33-56-52)57-51-25-10-6-18-43(46)51)31-32-40(39)44-20-13-24-50-54(44)45-19-5-9-23-49(45)55(50)47-21-7-3-16-41(47)42-17-4-8-22-48(42)55/h1-34H. The van der Waals surface area contributed by atoms with Gasteiger partial charge in [0.25, 0.3) is 0 Å². The molecule has 1 spiro atoms. The van der Waals surface area contributed by atoms with Gasteiger partial charge in [0.15, 0.2) is 0 Å². The Morgan fingerprint density at radius 2 is 0.842 bits per heavy atom. The van der Waals surface area contributed by atoms with E-state index >= 15 is 0 Å². The molecule has 2 nitrogen and oxygen atoms in total. The van der Waals surface area contributed by atoms with Gasteiger partial charge in [0.05, 0.1) is 22.3 Å². The third kappa shape index (κ3) is 4.53. The van der Waals surface area contributed by atoms with Crippen molar-refractivity contribution in [2.45, 2.75) is 5.41 Å². The zero-order valence-corrected chi connectivity index (χ0v) is 31.0. The SMILES string of the molecule is c1ccc(-c2cc(-c3ccc(-c4ccc(-c5cccc6c5-c5ccccc5C65c6ccccc6-c6ccccc65)c5ccccc45)cc3)c3ccccc3n2)nc1. The lowest BCUT2D eigenvalue weighted by molar-refractivity contribution is 0.794. The van der Waals surface area contributed by atoms with E-state index in [1.807, 2.05) is 30.5 Å². The van der Waals surface area contributed by atoms with Crippen molar-refractivity contribution in [3.05, 3.63) is 229 Å². The van der Waals surface area contributed by atoms with E-state index in [-0.39, 0.29) is 5.41 Å². The normalized spacial score (nSPS) is 13.1. The minimum atomic E-state index is -0.370. The summed E-state index contributed by atoms with van der Waals surface area (Å²) in [5, 5.41) is 3.62. The van der Waals surface area contributed by atoms with Crippen LogP contribution in [0, 0.1) is 0 Å². The fourth-order valence-electron chi connectivity index (χ4n) is 10.0. The van der Waals surface area contributed by atoms with Crippen molar-refractivity contribution in [2.75, 3.05) is 0 Å². The molecule has 0 fully saturated rings. The van der Waals surface area contributed by atoms with Gasteiger partial charge in [0.2, 0.25) is 0 Å². The minimum absolute atomic E-state index is 0.370. The Hall–Kier alpha value is -7.42. The number of fused-ring (bicyclic) bond motifs is 12. The van der Waals surface area contributed by atoms with Crippen LogP contribution in [0.1, 0.15) is 22.3 Å². The molecule has 2 heteroatoms. The highest BCUT2D eigenvalue weighted by Gasteiger charge is 2.52. The Bertz CT molecular complexity index is 3190. The Morgan fingerprint density at radius 1 is 0.316 bits per heavy atom. The number of hydrogen-bond acceptors (Lipinski definition) is 2. The molecule has 0 unspecified atom stereocenters. The van der Waals surface area contributed by atoms with Crippen LogP contribution in [0.3, 0.4) is 0 Å². The molecule has 2 heterocycles. The minimum Gasteiger partial charge on any atom is -0.255 e. The monoisotopic (exact) mass is 722 g/mol. The maximum absolute atomic E-state index is 4.98. The molecule has 12 rings (SSSR count). The first-order chi connectivity index (χ1) is 28.3. The zero-order valence-electron chi connectivity index (χ0n) is 31.0. The second-order valence-electron chi connectivity index (χ2n) is 15.2. The molecule has 8 aromatic carbocycles. The van der Waals surface area contributed by atoms with E-state index in [0.29, 0.717) is 0 Å². The highest BCUT2D eigenvalue weighted by molar-refractivity contribution is 6.09. The van der Waals surface area contributed by atoms with E-state index < -0.39 is 0 Å². The highest BCUT2D eigenvalue weighted by Crippen LogP contribution is 2.64. The number of aromatic nitrogens is 2. The molecule has 0 saturated carbocycles. The predicted molar refractivity (Wildman–Crippen MR) is 235 cm³/mol. The van der Waals surface area contributed by atoms with E-state index in [0.717, 1.165) is 33.4 Å². The van der Waals surface area contributed by atoms with Crippen LogP contribution in [0.2, 0.25) is 0 Å². The molecule has 0 aliphatic heterocycles. The lowest BCUT2D eigenvalue weighted by Gasteiger charge is -2.30. The van der Waals surface area contributed by atoms with Crippen molar-refractivity contribution in [3.63, 3.8) is 0 Å². The number of benzene rings is 8.